The third-order valence-electron chi connectivity index (χ3n) is 5.32. The number of fused-ring (bicyclic) bond motifs is 1. The van der Waals surface area contributed by atoms with Gasteiger partial charge in [0.05, 0.1) is 27.8 Å². The van der Waals surface area contributed by atoms with E-state index in [2.05, 4.69) is 10.3 Å². The van der Waals surface area contributed by atoms with Gasteiger partial charge in [0.2, 0.25) is 15.9 Å². The van der Waals surface area contributed by atoms with Crippen LogP contribution in [0.25, 0.3) is 10.2 Å². The molecule has 4 rings (SSSR count). The molecule has 0 spiro atoms. The summed E-state index contributed by atoms with van der Waals surface area (Å²) in [5, 5.41) is 3.21. The average molecular weight is 478 g/mol. The predicted octanol–water partition coefficient (Wildman–Crippen LogP) is 3.26. The van der Waals surface area contributed by atoms with Gasteiger partial charge in [0.25, 0.3) is 0 Å². The Labute approximate surface area is 188 Å². The molecule has 0 bridgehead atoms. The minimum Gasteiger partial charge on any atom is -0.465 e. The number of nitrogens with one attached hydrogen (secondary N) is 1. The van der Waals surface area contributed by atoms with E-state index in [-0.39, 0.29) is 29.8 Å². The quantitative estimate of drug-likeness (QED) is 0.566. The van der Waals surface area contributed by atoms with E-state index in [1.165, 1.54) is 34.9 Å². The molecule has 8 nitrogen and oxygen atoms in total. The highest BCUT2D eigenvalue weighted by Crippen LogP contribution is 2.29. The van der Waals surface area contributed by atoms with E-state index in [9.17, 15) is 22.4 Å². The van der Waals surface area contributed by atoms with Crippen molar-refractivity contribution < 1.29 is 27.1 Å². The normalized spacial score (nSPS) is 15.6. The zero-order chi connectivity index (χ0) is 22.9. The molecule has 32 heavy (non-hydrogen) atoms. The van der Waals surface area contributed by atoms with Crippen molar-refractivity contribution in [1.29, 1.82) is 0 Å². The minimum atomic E-state index is -3.73. The SMILES string of the molecule is COC(=O)c1ccc2nc(NC(=O)C3CCN(S(=O)(=O)c4ccc(F)cc4)CC3)sc2c1. The van der Waals surface area contributed by atoms with Crippen LogP contribution < -0.4 is 5.32 Å². The van der Waals surface area contributed by atoms with Crippen LogP contribution in [0.5, 0.6) is 0 Å². The van der Waals surface area contributed by atoms with Crippen LogP contribution in [0.1, 0.15) is 23.2 Å². The van der Waals surface area contributed by atoms with Crippen LogP contribution in [0.2, 0.25) is 0 Å². The van der Waals surface area contributed by atoms with Crippen LogP contribution >= 0.6 is 11.3 Å². The molecule has 3 aromatic rings. The first kappa shape index (κ1) is 22.3. The number of esters is 1. The van der Waals surface area contributed by atoms with Gasteiger partial charge in [-0.2, -0.15) is 4.31 Å². The van der Waals surface area contributed by atoms with Gasteiger partial charge >= 0.3 is 5.97 Å². The van der Waals surface area contributed by atoms with Crippen LogP contribution in [-0.4, -0.2) is 49.8 Å². The number of hydrogen-bond acceptors (Lipinski definition) is 7. The molecule has 1 saturated heterocycles. The molecule has 2 heterocycles. The van der Waals surface area contributed by atoms with Crippen LogP contribution in [0, 0.1) is 11.7 Å². The molecule has 1 amide bonds. The van der Waals surface area contributed by atoms with Gasteiger partial charge in [-0.3, -0.25) is 4.79 Å². The fourth-order valence-corrected chi connectivity index (χ4v) is 5.92. The summed E-state index contributed by atoms with van der Waals surface area (Å²) in [6.07, 6.45) is 0.729. The van der Waals surface area contributed by atoms with Crippen LogP contribution in [0.4, 0.5) is 9.52 Å². The van der Waals surface area contributed by atoms with E-state index < -0.39 is 21.8 Å². The van der Waals surface area contributed by atoms with E-state index in [1.807, 2.05) is 0 Å². The maximum atomic E-state index is 13.1. The molecular weight excluding hydrogens is 457 g/mol. The second-order valence-electron chi connectivity index (χ2n) is 7.31. The topological polar surface area (TPSA) is 106 Å². The Morgan fingerprint density at radius 3 is 2.50 bits per heavy atom. The lowest BCUT2D eigenvalue weighted by molar-refractivity contribution is -0.120. The number of hydrogen-bond donors (Lipinski definition) is 1. The Kier molecular flexibility index (Phi) is 6.22. The monoisotopic (exact) mass is 477 g/mol. The van der Waals surface area contributed by atoms with Crippen molar-refractivity contribution in [3.05, 3.63) is 53.8 Å². The van der Waals surface area contributed by atoms with Crippen molar-refractivity contribution in [2.45, 2.75) is 17.7 Å². The average Bonchev–Trinajstić information content (AvgIpc) is 3.20. The Bertz CT molecular complexity index is 1270. The maximum Gasteiger partial charge on any atom is 0.337 e. The first-order valence-corrected chi connectivity index (χ1v) is 12.1. The molecule has 168 valence electrons. The highest BCUT2D eigenvalue weighted by atomic mass is 32.2. The molecule has 1 N–H and O–H groups in total. The summed E-state index contributed by atoms with van der Waals surface area (Å²) in [4.78, 5) is 28.8. The van der Waals surface area contributed by atoms with Crippen molar-refractivity contribution in [2.75, 3.05) is 25.5 Å². The molecule has 0 aliphatic carbocycles. The van der Waals surface area contributed by atoms with Crippen molar-refractivity contribution in [2.24, 2.45) is 5.92 Å². The van der Waals surface area contributed by atoms with Crippen molar-refractivity contribution in [3.63, 3.8) is 0 Å². The first-order chi connectivity index (χ1) is 15.3. The zero-order valence-corrected chi connectivity index (χ0v) is 18.7. The standard InChI is InChI=1S/C21H20FN3O5S2/c1-30-20(27)14-2-7-17-18(12-14)31-21(23-17)24-19(26)13-8-10-25(11-9-13)32(28,29)16-5-3-15(22)4-6-16/h2-7,12-13H,8-11H2,1H3,(H,23,24,26). The van der Waals surface area contributed by atoms with Gasteiger partial charge in [0, 0.05) is 19.0 Å². The summed E-state index contributed by atoms with van der Waals surface area (Å²) in [6.45, 7) is 0.389. The van der Waals surface area contributed by atoms with E-state index >= 15 is 0 Å². The maximum absolute atomic E-state index is 13.1. The number of amides is 1. The highest BCUT2D eigenvalue weighted by molar-refractivity contribution is 7.89. The van der Waals surface area contributed by atoms with Gasteiger partial charge in [-0.15, -0.1) is 0 Å². The van der Waals surface area contributed by atoms with Crippen molar-refractivity contribution in [3.8, 4) is 0 Å². The third-order valence-corrected chi connectivity index (χ3v) is 8.16. The van der Waals surface area contributed by atoms with Gasteiger partial charge in [-0.25, -0.2) is 22.6 Å². The number of anilines is 1. The number of thiazole rings is 1. The number of piperidine rings is 1. The largest absolute Gasteiger partial charge is 0.465 e. The molecule has 0 saturated carbocycles. The summed E-state index contributed by atoms with van der Waals surface area (Å²) in [5.74, 6) is -1.53. The van der Waals surface area contributed by atoms with Gasteiger partial charge < -0.3 is 10.1 Å². The number of aromatic nitrogens is 1. The summed E-state index contributed by atoms with van der Waals surface area (Å²) in [5.41, 5.74) is 1.05. The van der Waals surface area contributed by atoms with Crippen LogP contribution in [-0.2, 0) is 19.6 Å². The Balaban J connectivity index is 1.39. The van der Waals surface area contributed by atoms with E-state index in [0.717, 1.165) is 16.8 Å². The van der Waals surface area contributed by atoms with Gasteiger partial charge in [-0.05, 0) is 55.3 Å². The number of ether oxygens (including phenoxy) is 1. The van der Waals surface area contributed by atoms with Gasteiger partial charge in [-0.1, -0.05) is 11.3 Å². The number of methoxy groups -OCH3 is 1. The Hall–Kier alpha value is -2.89. The van der Waals surface area contributed by atoms with Gasteiger partial charge in [0.15, 0.2) is 5.13 Å². The second kappa shape index (κ2) is 8.93. The number of rotatable bonds is 5. The van der Waals surface area contributed by atoms with E-state index in [0.29, 0.717) is 29.1 Å². The molecule has 1 fully saturated rings. The number of nitrogens with zero attached hydrogens (tertiary/aromatic N) is 2. The Morgan fingerprint density at radius 1 is 1.16 bits per heavy atom. The highest BCUT2D eigenvalue weighted by Gasteiger charge is 2.32. The Morgan fingerprint density at radius 2 is 1.84 bits per heavy atom. The first-order valence-electron chi connectivity index (χ1n) is 9.83. The summed E-state index contributed by atoms with van der Waals surface area (Å²) >= 11 is 1.25. The zero-order valence-electron chi connectivity index (χ0n) is 17.1. The summed E-state index contributed by atoms with van der Waals surface area (Å²) in [7, 11) is -2.42. The molecule has 0 atom stereocenters. The predicted molar refractivity (Wildman–Crippen MR) is 117 cm³/mol. The molecular formula is C21H20FN3O5S2. The summed E-state index contributed by atoms with van der Waals surface area (Å²) in [6, 6.07) is 9.65. The van der Waals surface area contributed by atoms with E-state index in [1.54, 1.807) is 18.2 Å². The lowest BCUT2D eigenvalue weighted by atomic mass is 9.97. The van der Waals surface area contributed by atoms with Crippen molar-refractivity contribution >= 4 is 48.6 Å². The molecule has 0 radical (unpaired) electrons. The number of sulfonamides is 1. The fourth-order valence-electron chi connectivity index (χ4n) is 3.54. The fraction of sp³-hybridized carbons (Fsp3) is 0.286. The molecule has 11 heteroatoms. The molecule has 1 aliphatic rings. The molecule has 1 aromatic heterocycles. The molecule has 1 aliphatic heterocycles. The summed E-state index contributed by atoms with van der Waals surface area (Å²) < 4.78 is 45.3. The minimum absolute atomic E-state index is 0.0302. The lowest BCUT2D eigenvalue weighted by Gasteiger charge is -2.30. The number of carbonyl (C=O) groups is 2. The van der Waals surface area contributed by atoms with Gasteiger partial charge in [0.1, 0.15) is 5.82 Å². The van der Waals surface area contributed by atoms with Crippen LogP contribution in [0.3, 0.4) is 0 Å². The molecule has 2 aromatic carbocycles. The third kappa shape index (κ3) is 4.50. The number of halogens is 1. The smallest absolute Gasteiger partial charge is 0.337 e. The van der Waals surface area contributed by atoms with Crippen molar-refractivity contribution in [1.82, 2.24) is 9.29 Å². The second-order valence-corrected chi connectivity index (χ2v) is 10.3. The number of carbonyl (C=O) groups excluding carboxylic acids is 2. The van der Waals surface area contributed by atoms with E-state index in [4.69, 9.17) is 4.74 Å². The van der Waals surface area contributed by atoms with Crippen LogP contribution in [0.15, 0.2) is 47.4 Å². The lowest BCUT2D eigenvalue weighted by Crippen LogP contribution is -2.41. The number of benzene rings is 2. The molecule has 0 unspecified atom stereocenters.